The van der Waals surface area contributed by atoms with Gasteiger partial charge in [0.15, 0.2) is 10.7 Å². The Hall–Kier alpha value is -4.14. The van der Waals surface area contributed by atoms with Crippen LogP contribution < -0.4 is 14.8 Å². The average Bonchev–Trinajstić information content (AvgIpc) is 3.40. The van der Waals surface area contributed by atoms with E-state index in [-0.39, 0.29) is 65.3 Å². The van der Waals surface area contributed by atoms with Gasteiger partial charge < -0.3 is 34.2 Å². The lowest BCUT2D eigenvalue weighted by Gasteiger charge is -2.35. The molecule has 0 radical (unpaired) electrons. The third kappa shape index (κ3) is 9.26. The topological polar surface area (TPSA) is 164 Å². The molecule has 3 N–H and O–H groups in total. The lowest BCUT2D eigenvalue weighted by molar-refractivity contribution is -0.0115. The number of hydrogen-bond donors (Lipinski definition) is 3. The quantitative estimate of drug-likeness (QED) is 0.294. The molecule has 4 rings (SSSR count). The number of likely N-dealkylation sites (N-methyl/N-ethyl adjacent to an activating group) is 1. The maximum atomic E-state index is 14.4. The molecule has 13 nitrogen and oxygen atoms in total. The van der Waals surface area contributed by atoms with Crippen molar-refractivity contribution in [1.29, 1.82) is 0 Å². The molecular formula is C34H47N5O8S. The van der Waals surface area contributed by atoms with Gasteiger partial charge in [0.1, 0.15) is 11.4 Å². The number of aliphatic hydroxyl groups is 1. The lowest BCUT2D eigenvalue weighted by Crippen LogP contribution is -2.48. The molecule has 0 saturated heterocycles. The van der Waals surface area contributed by atoms with Crippen LogP contribution in [0.25, 0.3) is 0 Å². The van der Waals surface area contributed by atoms with E-state index in [0.29, 0.717) is 24.5 Å². The first-order valence-corrected chi connectivity index (χ1v) is 17.7. The summed E-state index contributed by atoms with van der Waals surface area (Å²) in [4.78, 5) is 30.4. The molecule has 262 valence electrons. The molecule has 0 spiro atoms. The van der Waals surface area contributed by atoms with E-state index in [9.17, 15) is 23.1 Å². The molecule has 1 aliphatic rings. The number of urea groups is 1. The number of fused-ring (bicyclic) bond motifs is 1. The monoisotopic (exact) mass is 685 g/mol. The minimum absolute atomic E-state index is 0.0726. The van der Waals surface area contributed by atoms with Crippen LogP contribution >= 0.6 is 0 Å². The summed E-state index contributed by atoms with van der Waals surface area (Å²) in [6.07, 6.45) is 1.58. The van der Waals surface area contributed by atoms with E-state index >= 15 is 0 Å². The van der Waals surface area contributed by atoms with Crippen LogP contribution in [0.1, 0.15) is 61.8 Å². The zero-order valence-electron chi connectivity index (χ0n) is 28.4. The molecule has 0 unspecified atom stereocenters. The van der Waals surface area contributed by atoms with Gasteiger partial charge in [-0.2, -0.15) is 0 Å². The molecule has 1 aromatic heterocycles. The van der Waals surface area contributed by atoms with Gasteiger partial charge in [-0.3, -0.25) is 9.52 Å². The Morgan fingerprint density at radius 2 is 1.85 bits per heavy atom. The maximum Gasteiger partial charge on any atom is 0.321 e. The number of amides is 3. The SMILES string of the molecule is Cc1noc(C)c1S(=O)(=O)Nc1ccc2c(c1)C(=O)N([C@@H](C)CO)C[C@@H](C)[C@@H](CN(C)C(=O)Nc1ccccc1)OCCCC[C@@H](C)O2. The number of hydrogen-bond acceptors (Lipinski definition) is 9. The number of anilines is 2. The van der Waals surface area contributed by atoms with Crippen molar-refractivity contribution in [1.82, 2.24) is 15.0 Å². The summed E-state index contributed by atoms with van der Waals surface area (Å²) in [6, 6.07) is 12.8. The van der Waals surface area contributed by atoms with Crippen molar-refractivity contribution >= 4 is 33.3 Å². The maximum absolute atomic E-state index is 14.4. The molecule has 4 atom stereocenters. The van der Waals surface area contributed by atoms with Crippen LogP contribution in [0.15, 0.2) is 57.9 Å². The number of benzene rings is 2. The van der Waals surface area contributed by atoms with Gasteiger partial charge in [0.05, 0.1) is 30.4 Å². The fourth-order valence-corrected chi connectivity index (χ4v) is 6.99. The summed E-state index contributed by atoms with van der Waals surface area (Å²) in [5.41, 5.74) is 1.17. The molecule has 14 heteroatoms. The fraction of sp³-hybridized carbons (Fsp3) is 0.500. The summed E-state index contributed by atoms with van der Waals surface area (Å²) >= 11 is 0. The van der Waals surface area contributed by atoms with E-state index in [4.69, 9.17) is 14.0 Å². The molecule has 2 aromatic carbocycles. The second kappa shape index (κ2) is 16.3. The number of ether oxygens (including phenoxy) is 2. The van der Waals surface area contributed by atoms with Gasteiger partial charge in [-0.05, 0) is 77.3 Å². The predicted octanol–water partition coefficient (Wildman–Crippen LogP) is 5.05. The first-order valence-electron chi connectivity index (χ1n) is 16.2. The normalized spacial score (nSPS) is 20.2. The number of nitrogens with one attached hydrogen (secondary N) is 2. The van der Waals surface area contributed by atoms with E-state index in [1.165, 1.54) is 24.8 Å². The summed E-state index contributed by atoms with van der Waals surface area (Å²) in [7, 11) is -2.40. The van der Waals surface area contributed by atoms with E-state index in [1.807, 2.05) is 44.2 Å². The number of aliphatic hydroxyl groups excluding tert-OH is 1. The smallest absolute Gasteiger partial charge is 0.321 e. The van der Waals surface area contributed by atoms with Crippen LogP contribution in [0.5, 0.6) is 5.75 Å². The molecule has 3 aromatic rings. The molecule has 48 heavy (non-hydrogen) atoms. The van der Waals surface area contributed by atoms with Crippen molar-refractivity contribution < 1.29 is 37.1 Å². The Balaban J connectivity index is 1.64. The Morgan fingerprint density at radius 1 is 1.12 bits per heavy atom. The Labute approximate surface area is 282 Å². The van der Waals surface area contributed by atoms with Crippen LogP contribution in [-0.2, 0) is 14.8 Å². The molecule has 0 aliphatic carbocycles. The van der Waals surface area contributed by atoms with Crippen molar-refractivity contribution in [2.45, 2.75) is 77.0 Å². The van der Waals surface area contributed by atoms with E-state index in [2.05, 4.69) is 15.2 Å². The van der Waals surface area contributed by atoms with Crippen LogP contribution in [0.3, 0.4) is 0 Å². The number of carbonyl (C=O) groups is 2. The number of aromatic nitrogens is 1. The third-order valence-corrected chi connectivity index (χ3v) is 9.99. The number of carbonyl (C=O) groups excluding carboxylic acids is 2. The number of rotatable bonds is 8. The van der Waals surface area contributed by atoms with Gasteiger partial charge in [-0.15, -0.1) is 0 Å². The van der Waals surface area contributed by atoms with Gasteiger partial charge in [0.25, 0.3) is 15.9 Å². The predicted molar refractivity (Wildman–Crippen MR) is 182 cm³/mol. The Morgan fingerprint density at radius 3 is 2.52 bits per heavy atom. The molecule has 1 aliphatic heterocycles. The average molecular weight is 686 g/mol. The van der Waals surface area contributed by atoms with E-state index in [0.717, 1.165) is 12.8 Å². The summed E-state index contributed by atoms with van der Waals surface area (Å²) in [6.45, 7) is 9.23. The standard InChI is InChI=1S/C34H47N5O8S/c1-22-19-39(23(2)21-40)33(41)29-18-28(37-48(43,44)32-25(4)36-47-26(32)5)15-16-30(29)46-24(3)12-10-11-17-45-31(22)20-38(6)34(42)35-27-13-8-7-9-14-27/h7-9,13-16,18,22-24,31,37,40H,10-12,17,19-21H2,1-6H3,(H,35,42)/t22-,23+,24-,31-/m1/s1. The van der Waals surface area contributed by atoms with Gasteiger partial charge >= 0.3 is 6.03 Å². The molecule has 0 fully saturated rings. The molecule has 0 bridgehead atoms. The molecule has 2 heterocycles. The van der Waals surface area contributed by atoms with Crippen molar-refractivity contribution in [3.05, 3.63) is 65.5 Å². The summed E-state index contributed by atoms with van der Waals surface area (Å²) < 4.78 is 46.8. The van der Waals surface area contributed by atoms with Crippen molar-refractivity contribution in [2.24, 2.45) is 5.92 Å². The number of sulfonamides is 1. The second-order valence-corrected chi connectivity index (χ2v) is 14.1. The first kappa shape index (κ1) is 36.7. The summed E-state index contributed by atoms with van der Waals surface area (Å²) in [5.74, 6) is -0.265. The summed E-state index contributed by atoms with van der Waals surface area (Å²) in [5, 5.41) is 16.9. The minimum Gasteiger partial charge on any atom is -0.490 e. The third-order valence-electron chi connectivity index (χ3n) is 8.37. The highest BCUT2D eigenvalue weighted by Crippen LogP contribution is 2.30. The highest BCUT2D eigenvalue weighted by molar-refractivity contribution is 7.92. The van der Waals surface area contributed by atoms with Crippen molar-refractivity contribution in [3.63, 3.8) is 0 Å². The van der Waals surface area contributed by atoms with Crippen molar-refractivity contribution in [2.75, 3.05) is 43.4 Å². The van der Waals surface area contributed by atoms with Gasteiger partial charge in [-0.25, -0.2) is 13.2 Å². The lowest BCUT2D eigenvalue weighted by atomic mass is 10.0. The Kier molecular flexibility index (Phi) is 12.5. The van der Waals surface area contributed by atoms with Gasteiger partial charge in [-0.1, -0.05) is 30.3 Å². The number of para-hydroxylation sites is 1. The van der Waals surface area contributed by atoms with Gasteiger partial charge in [0, 0.05) is 44.0 Å². The van der Waals surface area contributed by atoms with E-state index < -0.39 is 28.1 Å². The molecular weight excluding hydrogens is 638 g/mol. The minimum atomic E-state index is -4.09. The van der Waals surface area contributed by atoms with Crippen LogP contribution in [0.2, 0.25) is 0 Å². The Bertz CT molecular complexity index is 1630. The first-order chi connectivity index (χ1) is 22.8. The highest BCUT2D eigenvalue weighted by Gasteiger charge is 2.32. The van der Waals surface area contributed by atoms with E-state index in [1.54, 1.807) is 31.0 Å². The van der Waals surface area contributed by atoms with Crippen LogP contribution in [-0.4, -0.2) is 92.0 Å². The largest absolute Gasteiger partial charge is 0.490 e. The highest BCUT2D eigenvalue weighted by atomic mass is 32.2. The number of aryl methyl sites for hydroxylation is 2. The fourth-order valence-electron chi connectivity index (χ4n) is 5.61. The van der Waals surface area contributed by atoms with Gasteiger partial charge in [0.2, 0.25) is 0 Å². The zero-order chi connectivity index (χ0) is 35.0. The number of nitrogens with zero attached hydrogens (tertiary/aromatic N) is 3. The zero-order valence-corrected chi connectivity index (χ0v) is 29.2. The second-order valence-electron chi connectivity index (χ2n) is 12.4. The molecule has 0 saturated carbocycles. The molecule has 3 amide bonds. The van der Waals surface area contributed by atoms with Crippen LogP contribution in [0.4, 0.5) is 16.2 Å². The van der Waals surface area contributed by atoms with Crippen molar-refractivity contribution in [3.8, 4) is 5.75 Å². The van der Waals surface area contributed by atoms with Crippen LogP contribution in [0, 0.1) is 19.8 Å².